The van der Waals surface area contributed by atoms with E-state index in [2.05, 4.69) is 24.9 Å². The van der Waals surface area contributed by atoms with Crippen LogP contribution < -0.4 is 15.4 Å². The van der Waals surface area contributed by atoms with Crippen LogP contribution in [0.4, 0.5) is 0 Å². The van der Waals surface area contributed by atoms with Gasteiger partial charge in [-0.2, -0.15) is 0 Å². The van der Waals surface area contributed by atoms with E-state index in [1.54, 1.807) is 13.1 Å². The zero-order valence-electron chi connectivity index (χ0n) is 14.7. The Balaban J connectivity index is 1.72. The summed E-state index contributed by atoms with van der Waals surface area (Å²) in [6.45, 7) is 6.02. The normalized spacial score (nSPS) is 12.4. The number of nitrogens with one attached hydrogen (secondary N) is 3. The zero-order valence-corrected chi connectivity index (χ0v) is 16.4. The highest BCUT2D eigenvalue weighted by Gasteiger charge is 2.18. The summed E-state index contributed by atoms with van der Waals surface area (Å²) in [5.41, 5.74) is 0. The standard InChI is InChI=1S/C16H25N5O2S2/c1-13-12-15(14(2)24-13)25(22,23)20-7-6-18-16(17-3)19-8-11-21-9-4-5-10-21/h4-5,9-10,12,20H,6-8,11H2,1-3H3,(H2,17,18,19). The first-order valence-electron chi connectivity index (χ1n) is 8.04. The van der Waals surface area contributed by atoms with Crippen molar-refractivity contribution in [3.05, 3.63) is 40.3 Å². The van der Waals surface area contributed by atoms with Crippen molar-refractivity contribution in [2.24, 2.45) is 4.99 Å². The highest BCUT2D eigenvalue weighted by Crippen LogP contribution is 2.24. The Kier molecular flexibility index (Phi) is 7.03. The minimum absolute atomic E-state index is 0.287. The number of aromatic nitrogens is 1. The van der Waals surface area contributed by atoms with Gasteiger partial charge in [-0.15, -0.1) is 11.3 Å². The Morgan fingerprint density at radius 2 is 1.84 bits per heavy atom. The topological polar surface area (TPSA) is 87.5 Å². The number of rotatable bonds is 8. The van der Waals surface area contributed by atoms with Gasteiger partial charge in [-0.3, -0.25) is 4.99 Å². The van der Waals surface area contributed by atoms with Crippen LogP contribution in [0.15, 0.2) is 40.5 Å². The van der Waals surface area contributed by atoms with Gasteiger partial charge in [-0.25, -0.2) is 13.1 Å². The SMILES string of the molecule is CN=C(NCCNS(=O)(=O)c1cc(C)sc1C)NCCn1cccc1. The maximum absolute atomic E-state index is 12.3. The molecule has 0 saturated heterocycles. The van der Waals surface area contributed by atoms with E-state index in [1.165, 1.54) is 11.3 Å². The summed E-state index contributed by atoms with van der Waals surface area (Å²) in [5.74, 6) is 0.647. The van der Waals surface area contributed by atoms with Crippen molar-refractivity contribution in [2.45, 2.75) is 25.3 Å². The molecule has 2 heterocycles. The first kappa shape index (κ1) is 19.5. The van der Waals surface area contributed by atoms with Crippen LogP contribution in [0.5, 0.6) is 0 Å². The summed E-state index contributed by atoms with van der Waals surface area (Å²) in [6, 6.07) is 5.67. The molecule has 25 heavy (non-hydrogen) atoms. The lowest BCUT2D eigenvalue weighted by Gasteiger charge is -2.13. The van der Waals surface area contributed by atoms with Crippen molar-refractivity contribution in [2.75, 3.05) is 26.7 Å². The lowest BCUT2D eigenvalue weighted by molar-refractivity contribution is 0.580. The van der Waals surface area contributed by atoms with E-state index in [1.807, 2.05) is 38.4 Å². The number of hydrogen-bond acceptors (Lipinski definition) is 4. The molecule has 0 atom stereocenters. The first-order valence-corrected chi connectivity index (χ1v) is 10.3. The lowest BCUT2D eigenvalue weighted by atomic mass is 10.4. The second-order valence-electron chi connectivity index (χ2n) is 5.52. The predicted molar refractivity (Wildman–Crippen MR) is 103 cm³/mol. The van der Waals surface area contributed by atoms with Crippen LogP contribution in [0.3, 0.4) is 0 Å². The predicted octanol–water partition coefficient (Wildman–Crippen LogP) is 1.31. The minimum atomic E-state index is -3.46. The molecule has 0 radical (unpaired) electrons. The van der Waals surface area contributed by atoms with E-state index < -0.39 is 10.0 Å². The van der Waals surface area contributed by atoms with E-state index in [0.29, 0.717) is 17.4 Å². The van der Waals surface area contributed by atoms with Crippen LogP contribution in [-0.4, -0.2) is 45.6 Å². The van der Waals surface area contributed by atoms with Crippen molar-refractivity contribution < 1.29 is 8.42 Å². The second-order valence-corrected chi connectivity index (χ2v) is 8.72. The third-order valence-electron chi connectivity index (χ3n) is 3.55. The van der Waals surface area contributed by atoms with E-state index >= 15 is 0 Å². The molecule has 0 aromatic carbocycles. The van der Waals surface area contributed by atoms with Crippen molar-refractivity contribution in [1.82, 2.24) is 19.9 Å². The number of aryl methyl sites for hydroxylation is 2. The first-order chi connectivity index (χ1) is 11.9. The van der Waals surface area contributed by atoms with Crippen LogP contribution in [0.1, 0.15) is 9.75 Å². The molecular weight excluding hydrogens is 358 g/mol. The maximum atomic E-state index is 12.3. The summed E-state index contributed by atoms with van der Waals surface area (Å²) in [4.78, 5) is 6.29. The third-order valence-corrected chi connectivity index (χ3v) is 6.23. The van der Waals surface area contributed by atoms with Crippen LogP contribution in [0.2, 0.25) is 0 Å². The number of nitrogens with zero attached hydrogens (tertiary/aromatic N) is 2. The molecule has 0 bridgehead atoms. The van der Waals surface area contributed by atoms with Gasteiger partial charge in [0.25, 0.3) is 0 Å². The molecule has 0 unspecified atom stereocenters. The van der Waals surface area contributed by atoms with Crippen molar-refractivity contribution in [3.63, 3.8) is 0 Å². The van der Waals surface area contributed by atoms with Gasteiger partial charge in [0, 0.05) is 55.4 Å². The Labute approximate surface area is 153 Å². The van der Waals surface area contributed by atoms with E-state index in [4.69, 9.17) is 0 Å². The van der Waals surface area contributed by atoms with E-state index in [-0.39, 0.29) is 6.54 Å². The molecule has 9 heteroatoms. The fourth-order valence-corrected chi connectivity index (χ4v) is 4.95. The average Bonchev–Trinajstić information content (AvgIpc) is 3.19. The smallest absolute Gasteiger partial charge is 0.241 e. The fourth-order valence-electron chi connectivity index (χ4n) is 2.36. The number of aliphatic imine (C=N–C) groups is 1. The largest absolute Gasteiger partial charge is 0.355 e. The summed E-state index contributed by atoms with van der Waals surface area (Å²) in [5, 5.41) is 6.29. The number of guanidine groups is 1. The molecule has 7 nitrogen and oxygen atoms in total. The van der Waals surface area contributed by atoms with Crippen LogP contribution in [0, 0.1) is 13.8 Å². The molecule has 3 N–H and O–H groups in total. The van der Waals surface area contributed by atoms with Gasteiger partial charge in [-0.1, -0.05) is 0 Å². The summed E-state index contributed by atoms with van der Waals surface area (Å²) in [7, 11) is -1.78. The van der Waals surface area contributed by atoms with Crippen LogP contribution >= 0.6 is 11.3 Å². The molecule has 2 rings (SSSR count). The molecule has 2 aromatic rings. The molecule has 2 aromatic heterocycles. The second kappa shape index (κ2) is 9.02. The summed E-state index contributed by atoms with van der Waals surface area (Å²) >= 11 is 1.49. The Hall–Kier alpha value is -1.84. The number of thiophene rings is 1. The lowest BCUT2D eigenvalue weighted by Crippen LogP contribution is -2.42. The fraction of sp³-hybridized carbons (Fsp3) is 0.438. The number of hydrogen-bond donors (Lipinski definition) is 3. The molecule has 138 valence electrons. The quantitative estimate of drug-likeness (QED) is 0.364. The van der Waals surface area contributed by atoms with Gasteiger partial charge in [0.1, 0.15) is 0 Å². The van der Waals surface area contributed by atoms with Crippen LogP contribution in [0.25, 0.3) is 0 Å². The van der Waals surface area contributed by atoms with Gasteiger partial charge in [-0.05, 0) is 32.0 Å². The van der Waals surface area contributed by atoms with E-state index in [9.17, 15) is 8.42 Å². The molecular formula is C16H25N5O2S2. The molecule has 0 aliphatic rings. The van der Waals surface area contributed by atoms with Gasteiger partial charge in [0.05, 0.1) is 4.90 Å². The minimum Gasteiger partial charge on any atom is -0.355 e. The highest BCUT2D eigenvalue weighted by molar-refractivity contribution is 7.89. The Bertz CT molecular complexity index is 795. The highest BCUT2D eigenvalue weighted by atomic mass is 32.2. The molecule has 0 saturated carbocycles. The third kappa shape index (κ3) is 5.87. The van der Waals surface area contributed by atoms with Crippen molar-refractivity contribution in [3.8, 4) is 0 Å². The molecule has 0 spiro atoms. The monoisotopic (exact) mass is 383 g/mol. The number of sulfonamides is 1. The molecule has 0 fully saturated rings. The van der Waals surface area contributed by atoms with Crippen molar-refractivity contribution >= 4 is 27.3 Å². The summed E-state index contributed by atoms with van der Waals surface area (Å²) in [6.07, 6.45) is 4.00. The Morgan fingerprint density at radius 1 is 1.16 bits per heavy atom. The van der Waals surface area contributed by atoms with Gasteiger partial charge >= 0.3 is 0 Å². The van der Waals surface area contributed by atoms with Gasteiger partial charge in [0.15, 0.2) is 5.96 Å². The Morgan fingerprint density at radius 3 is 2.44 bits per heavy atom. The summed E-state index contributed by atoms with van der Waals surface area (Å²) < 4.78 is 29.3. The van der Waals surface area contributed by atoms with Gasteiger partial charge in [0.2, 0.25) is 10.0 Å². The van der Waals surface area contributed by atoms with E-state index in [0.717, 1.165) is 22.8 Å². The maximum Gasteiger partial charge on any atom is 0.241 e. The molecule has 0 aliphatic heterocycles. The van der Waals surface area contributed by atoms with Gasteiger partial charge < -0.3 is 15.2 Å². The molecule has 0 aliphatic carbocycles. The average molecular weight is 384 g/mol. The zero-order chi connectivity index (χ0) is 18.3. The molecule has 0 amide bonds. The van der Waals surface area contributed by atoms with Crippen LogP contribution in [-0.2, 0) is 16.6 Å². The van der Waals surface area contributed by atoms with Crippen molar-refractivity contribution in [1.29, 1.82) is 0 Å².